The highest BCUT2D eigenvalue weighted by Crippen LogP contribution is 2.24. The van der Waals surface area contributed by atoms with Crippen molar-refractivity contribution in [3.8, 4) is 0 Å². The molecule has 0 fully saturated rings. The maximum atomic E-state index is 11.3. The van der Waals surface area contributed by atoms with Gasteiger partial charge in [-0.3, -0.25) is 4.55 Å². The summed E-state index contributed by atoms with van der Waals surface area (Å²) in [6.07, 6.45) is 0.0469. The van der Waals surface area contributed by atoms with Gasteiger partial charge in [0.25, 0.3) is 10.1 Å². The van der Waals surface area contributed by atoms with Crippen LogP contribution in [0.5, 0.6) is 0 Å². The van der Waals surface area contributed by atoms with Crippen LogP contribution >= 0.6 is 0 Å². The van der Waals surface area contributed by atoms with Gasteiger partial charge in [-0.1, -0.05) is 0 Å². The zero-order chi connectivity index (χ0) is 14.1. The van der Waals surface area contributed by atoms with Crippen molar-refractivity contribution in [2.45, 2.75) is 23.1 Å². The van der Waals surface area contributed by atoms with Crippen LogP contribution in [0.25, 0.3) is 0 Å². The number of hydrogen-bond acceptors (Lipinski definition) is 5. The Morgan fingerprint density at radius 1 is 1.17 bits per heavy atom. The first kappa shape index (κ1) is 15.1. The molecular weight excluding hydrogens is 282 g/mol. The molecule has 0 saturated heterocycles. The molecule has 0 spiro atoms. The molecule has 0 radical (unpaired) electrons. The third-order valence-electron chi connectivity index (χ3n) is 2.36. The molecule has 4 N–H and O–H groups in total. The van der Waals surface area contributed by atoms with Gasteiger partial charge in [0.1, 0.15) is 0 Å². The molecule has 7 nitrogen and oxygen atoms in total. The molecule has 0 aliphatic carbocycles. The second-order valence-corrected chi connectivity index (χ2v) is 6.63. The largest absolute Gasteiger partial charge is 0.396 e. The summed E-state index contributed by atoms with van der Waals surface area (Å²) in [6.45, 7) is 0.934. The van der Waals surface area contributed by atoms with Crippen molar-refractivity contribution in [3.63, 3.8) is 0 Å². The number of benzene rings is 1. The number of aliphatic hydroxyl groups excluding tert-OH is 1. The average molecular weight is 295 g/mol. The van der Waals surface area contributed by atoms with Gasteiger partial charge in [0.2, 0.25) is 10.0 Å². The SMILES string of the molecule is Cc1c(S(N)(=O)=O)cc(CCO)cc1S(=O)(=O)O. The van der Waals surface area contributed by atoms with E-state index in [4.69, 9.17) is 14.8 Å². The standard InChI is InChI=1S/C9H13NO6S2/c1-6-8(17(10,12)13)4-7(2-3-11)5-9(6)18(14,15)16/h4-5,11H,2-3H2,1H3,(H2,10,12,13)(H,14,15,16). The van der Waals surface area contributed by atoms with Gasteiger partial charge in [-0.15, -0.1) is 0 Å². The highest BCUT2D eigenvalue weighted by molar-refractivity contribution is 7.89. The fraction of sp³-hybridized carbons (Fsp3) is 0.333. The lowest BCUT2D eigenvalue weighted by Gasteiger charge is -2.10. The van der Waals surface area contributed by atoms with E-state index in [1.165, 1.54) is 13.0 Å². The molecule has 18 heavy (non-hydrogen) atoms. The number of aliphatic hydroxyl groups is 1. The van der Waals surface area contributed by atoms with Crippen molar-refractivity contribution in [1.29, 1.82) is 0 Å². The average Bonchev–Trinajstić information content (AvgIpc) is 2.17. The van der Waals surface area contributed by atoms with Gasteiger partial charge in [-0.2, -0.15) is 8.42 Å². The molecule has 0 saturated carbocycles. The number of sulfonamides is 1. The number of nitrogens with two attached hydrogens (primary N) is 1. The maximum Gasteiger partial charge on any atom is 0.294 e. The van der Waals surface area contributed by atoms with Crippen molar-refractivity contribution < 1.29 is 26.5 Å². The highest BCUT2D eigenvalue weighted by Gasteiger charge is 2.22. The summed E-state index contributed by atoms with van der Waals surface area (Å²) in [5.74, 6) is 0. The van der Waals surface area contributed by atoms with Gasteiger partial charge in [0, 0.05) is 6.61 Å². The Bertz CT molecular complexity index is 609. The van der Waals surface area contributed by atoms with Crippen molar-refractivity contribution >= 4 is 20.1 Å². The van der Waals surface area contributed by atoms with Gasteiger partial charge in [-0.05, 0) is 36.6 Å². The van der Waals surface area contributed by atoms with Crippen LogP contribution < -0.4 is 5.14 Å². The Labute approximate surface area is 105 Å². The Balaban J connectivity index is 3.70. The summed E-state index contributed by atoms with van der Waals surface area (Å²) in [5.41, 5.74) is 0.0986. The molecule has 1 aromatic carbocycles. The second kappa shape index (κ2) is 4.94. The molecule has 0 amide bonds. The highest BCUT2D eigenvalue weighted by atomic mass is 32.2. The molecule has 0 bridgehead atoms. The summed E-state index contributed by atoms with van der Waals surface area (Å²) in [4.78, 5) is -0.918. The molecule has 9 heteroatoms. The first-order chi connectivity index (χ1) is 8.07. The van der Waals surface area contributed by atoms with E-state index in [9.17, 15) is 16.8 Å². The van der Waals surface area contributed by atoms with E-state index in [0.717, 1.165) is 6.07 Å². The van der Waals surface area contributed by atoms with Gasteiger partial charge in [-0.25, -0.2) is 13.6 Å². The molecule has 0 aliphatic rings. The monoisotopic (exact) mass is 295 g/mol. The van der Waals surface area contributed by atoms with E-state index in [1.807, 2.05) is 0 Å². The molecule has 1 aromatic rings. The van der Waals surface area contributed by atoms with Gasteiger partial charge < -0.3 is 5.11 Å². The minimum absolute atomic E-state index is 0.0469. The third kappa shape index (κ3) is 3.27. The van der Waals surface area contributed by atoms with Crippen LogP contribution in [0.1, 0.15) is 11.1 Å². The Kier molecular flexibility index (Phi) is 4.13. The fourth-order valence-corrected chi connectivity index (χ4v) is 3.27. The topological polar surface area (TPSA) is 135 Å². The summed E-state index contributed by atoms with van der Waals surface area (Å²) < 4.78 is 54.0. The lowest BCUT2D eigenvalue weighted by Crippen LogP contribution is -2.16. The second-order valence-electron chi connectivity index (χ2n) is 3.71. The van der Waals surface area contributed by atoms with E-state index in [0.29, 0.717) is 0 Å². The Morgan fingerprint density at radius 3 is 2.06 bits per heavy atom. The van der Waals surface area contributed by atoms with Crippen LogP contribution in [-0.2, 0) is 26.6 Å². The van der Waals surface area contributed by atoms with Crippen LogP contribution in [0.3, 0.4) is 0 Å². The molecule has 0 aliphatic heterocycles. The van der Waals surface area contributed by atoms with Crippen molar-refractivity contribution in [1.82, 2.24) is 0 Å². The Hall–Kier alpha value is -1.00. The Morgan fingerprint density at radius 2 is 1.67 bits per heavy atom. The molecule has 0 aromatic heterocycles. The lowest BCUT2D eigenvalue weighted by atomic mass is 10.1. The smallest absolute Gasteiger partial charge is 0.294 e. The van der Waals surface area contributed by atoms with E-state index in [-0.39, 0.29) is 29.1 Å². The van der Waals surface area contributed by atoms with Gasteiger partial charge in [0.15, 0.2) is 0 Å². The van der Waals surface area contributed by atoms with E-state index in [2.05, 4.69) is 0 Å². The third-order valence-corrected chi connectivity index (χ3v) is 4.37. The molecule has 0 atom stereocenters. The number of hydrogen-bond donors (Lipinski definition) is 3. The first-order valence-electron chi connectivity index (χ1n) is 4.82. The minimum Gasteiger partial charge on any atom is -0.396 e. The van der Waals surface area contributed by atoms with Crippen LogP contribution in [0, 0.1) is 6.92 Å². The van der Waals surface area contributed by atoms with Crippen LogP contribution in [0.2, 0.25) is 0 Å². The number of primary sulfonamides is 1. The van der Waals surface area contributed by atoms with Crippen LogP contribution in [0.15, 0.2) is 21.9 Å². The predicted molar refractivity (Wildman–Crippen MR) is 63.2 cm³/mol. The minimum atomic E-state index is -4.56. The predicted octanol–water partition coefficient (Wildman–Crippen LogP) is -0.576. The van der Waals surface area contributed by atoms with E-state index >= 15 is 0 Å². The van der Waals surface area contributed by atoms with E-state index < -0.39 is 25.0 Å². The van der Waals surface area contributed by atoms with E-state index in [1.54, 1.807) is 0 Å². The van der Waals surface area contributed by atoms with Crippen molar-refractivity contribution in [3.05, 3.63) is 23.3 Å². The lowest BCUT2D eigenvalue weighted by molar-refractivity contribution is 0.299. The van der Waals surface area contributed by atoms with Crippen molar-refractivity contribution in [2.24, 2.45) is 5.14 Å². The van der Waals surface area contributed by atoms with Gasteiger partial charge in [0.05, 0.1) is 9.79 Å². The summed E-state index contributed by atoms with van der Waals surface area (Å²) in [6, 6.07) is 2.28. The summed E-state index contributed by atoms with van der Waals surface area (Å²) in [5, 5.41) is 13.8. The summed E-state index contributed by atoms with van der Waals surface area (Å²) in [7, 11) is -8.67. The zero-order valence-electron chi connectivity index (χ0n) is 9.49. The quantitative estimate of drug-likeness (QED) is 0.636. The molecule has 102 valence electrons. The number of rotatable bonds is 4. The molecular formula is C9H13NO6S2. The summed E-state index contributed by atoms with van der Waals surface area (Å²) >= 11 is 0. The first-order valence-corrected chi connectivity index (χ1v) is 7.80. The van der Waals surface area contributed by atoms with Crippen LogP contribution in [0.4, 0.5) is 0 Å². The fourth-order valence-electron chi connectivity index (χ4n) is 1.55. The van der Waals surface area contributed by atoms with Gasteiger partial charge >= 0.3 is 0 Å². The maximum absolute atomic E-state index is 11.3. The molecule has 0 unspecified atom stereocenters. The molecule has 1 rings (SSSR count). The molecule has 0 heterocycles. The van der Waals surface area contributed by atoms with Crippen LogP contribution in [-0.4, -0.2) is 33.1 Å². The normalized spacial score (nSPS) is 12.7. The zero-order valence-corrected chi connectivity index (χ0v) is 11.1. The van der Waals surface area contributed by atoms with Crippen molar-refractivity contribution in [2.75, 3.05) is 6.61 Å².